The molecule has 5 nitrogen and oxygen atoms in total. The Morgan fingerprint density at radius 2 is 1.71 bits per heavy atom. The van der Waals surface area contributed by atoms with Gasteiger partial charge in [0.2, 0.25) is 0 Å². The number of rotatable bonds is 6. The summed E-state index contributed by atoms with van der Waals surface area (Å²) in [7, 11) is -7.00. The van der Waals surface area contributed by atoms with E-state index in [2.05, 4.69) is 0 Å². The van der Waals surface area contributed by atoms with E-state index in [4.69, 9.17) is 27.9 Å². The van der Waals surface area contributed by atoms with E-state index in [1.807, 2.05) is 0 Å². The molecule has 0 spiro atoms. The zero-order valence-corrected chi connectivity index (χ0v) is 18.3. The van der Waals surface area contributed by atoms with Crippen molar-refractivity contribution in [3.63, 3.8) is 0 Å². The second-order valence-corrected chi connectivity index (χ2v) is 11.9. The average Bonchev–Trinajstić information content (AvgIpc) is 3.10. The van der Waals surface area contributed by atoms with Crippen LogP contribution in [-0.2, 0) is 31.0 Å². The molecule has 0 N–H and O–H groups in total. The van der Waals surface area contributed by atoms with Crippen LogP contribution in [0, 0.1) is 0 Å². The van der Waals surface area contributed by atoms with Gasteiger partial charge in [0, 0.05) is 11.3 Å². The first-order valence-electron chi connectivity index (χ1n) is 8.67. The van der Waals surface area contributed by atoms with E-state index in [1.165, 1.54) is 12.1 Å². The fourth-order valence-corrected chi connectivity index (χ4v) is 6.91. The standard InChI is InChI=1S/C19H20Cl2O5S2/c1-27(22,23)19-10-14(20)7-6-13(19)12-26-15-8-9-16(11-15)28(24,25)18-5-3-2-4-17(18)21/h2-7,10,15-16H,8-9,11-12H2,1H3/t15-,16-/m0/s1. The minimum Gasteiger partial charge on any atom is -0.373 e. The van der Waals surface area contributed by atoms with Crippen molar-refractivity contribution in [3.05, 3.63) is 58.1 Å². The van der Waals surface area contributed by atoms with Crippen molar-refractivity contribution in [1.29, 1.82) is 0 Å². The van der Waals surface area contributed by atoms with Gasteiger partial charge in [-0.1, -0.05) is 41.4 Å². The van der Waals surface area contributed by atoms with E-state index < -0.39 is 24.9 Å². The molecule has 1 aliphatic carbocycles. The van der Waals surface area contributed by atoms with Gasteiger partial charge in [0.05, 0.1) is 32.8 Å². The molecule has 0 unspecified atom stereocenters. The molecule has 2 aromatic rings. The Hall–Kier alpha value is -1.12. The Bertz CT molecular complexity index is 1080. The fourth-order valence-electron chi connectivity index (χ4n) is 3.39. The predicted molar refractivity (Wildman–Crippen MR) is 109 cm³/mol. The zero-order valence-electron chi connectivity index (χ0n) is 15.1. The second-order valence-electron chi connectivity index (χ2n) is 6.87. The van der Waals surface area contributed by atoms with E-state index in [0.29, 0.717) is 29.8 Å². The number of halogens is 2. The molecule has 152 valence electrons. The van der Waals surface area contributed by atoms with Crippen molar-refractivity contribution in [3.8, 4) is 0 Å². The van der Waals surface area contributed by atoms with Crippen molar-refractivity contribution < 1.29 is 21.6 Å². The molecule has 0 heterocycles. The molecule has 1 aliphatic rings. The molecule has 28 heavy (non-hydrogen) atoms. The number of hydrogen-bond acceptors (Lipinski definition) is 5. The molecule has 1 fully saturated rings. The second kappa shape index (κ2) is 8.32. The first-order valence-corrected chi connectivity index (χ1v) is 12.9. The Morgan fingerprint density at radius 1 is 1.00 bits per heavy atom. The molecule has 2 aromatic carbocycles. The first-order chi connectivity index (χ1) is 13.1. The van der Waals surface area contributed by atoms with Gasteiger partial charge in [0.1, 0.15) is 0 Å². The Morgan fingerprint density at radius 3 is 2.39 bits per heavy atom. The van der Waals surface area contributed by atoms with E-state index in [-0.39, 0.29) is 27.5 Å². The Kier molecular flexibility index (Phi) is 6.41. The molecule has 3 rings (SSSR count). The lowest BCUT2D eigenvalue weighted by Gasteiger charge is -2.15. The molecule has 0 amide bonds. The lowest BCUT2D eigenvalue weighted by atomic mass is 10.2. The third-order valence-corrected chi connectivity index (χ3v) is 8.95. The number of sulfone groups is 2. The van der Waals surface area contributed by atoms with E-state index in [9.17, 15) is 16.8 Å². The van der Waals surface area contributed by atoms with Crippen LogP contribution in [0.15, 0.2) is 52.3 Å². The van der Waals surface area contributed by atoms with Crippen molar-refractivity contribution in [2.75, 3.05) is 6.26 Å². The summed E-state index contributed by atoms with van der Waals surface area (Å²) in [5.41, 5.74) is 0.504. The maximum absolute atomic E-state index is 12.9. The van der Waals surface area contributed by atoms with Crippen LogP contribution in [0.3, 0.4) is 0 Å². The largest absolute Gasteiger partial charge is 0.373 e. The Labute approximate surface area is 175 Å². The fraction of sp³-hybridized carbons (Fsp3) is 0.368. The summed E-state index contributed by atoms with van der Waals surface area (Å²) in [6, 6.07) is 11.0. The molecule has 0 bridgehead atoms. The van der Waals surface area contributed by atoms with Crippen molar-refractivity contribution in [2.24, 2.45) is 0 Å². The summed E-state index contributed by atoms with van der Waals surface area (Å²) >= 11 is 12.0. The quantitative estimate of drug-likeness (QED) is 0.638. The molecular formula is C19H20Cl2O5S2. The van der Waals surface area contributed by atoms with Crippen LogP contribution in [-0.4, -0.2) is 34.4 Å². The van der Waals surface area contributed by atoms with Gasteiger partial charge in [-0.15, -0.1) is 0 Å². The van der Waals surface area contributed by atoms with Crippen LogP contribution in [0.25, 0.3) is 0 Å². The van der Waals surface area contributed by atoms with Crippen LogP contribution in [0.5, 0.6) is 0 Å². The third kappa shape index (κ3) is 4.71. The smallest absolute Gasteiger partial charge is 0.182 e. The molecule has 0 radical (unpaired) electrons. The highest BCUT2D eigenvalue weighted by molar-refractivity contribution is 7.92. The minimum atomic E-state index is -3.55. The van der Waals surface area contributed by atoms with Crippen LogP contribution >= 0.6 is 23.2 Å². The highest BCUT2D eigenvalue weighted by atomic mass is 35.5. The number of ether oxygens (including phenoxy) is 1. The van der Waals surface area contributed by atoms with Crippen molar-refractivity contribution >= 4 is 42.9 Å². The zero-order chi connectivity index (χ0) is 20.5. The maximum Gasteiger partial charge on any atom is 0.182 e. The lowest BCUT2D eigenvalue weighted by molar-refractivity contribution is 0.0446. The number of hydrogen-bond donors (Lipinski definition) is 0. The normalized spacial score (nSPS) is 20.4. The summed E-state index contributed by atoms with van der Waals surface area (Å²) in [6.07, 6.45) is 2.23. The van der Waals surface area contributed by atoms with Gasteiger partial charge in [-0.2, -0.15) is 0 Å². The molecular weight excluding hydrogens is 443 g/mol. The average molecular weight is 463 g/mol. The van der Waals surface area contributed by atoms with E-state index >= 15 is 0 Å². The Balaban J connectivity index is 1.71. The first kappa shape index (κ1) is 21.6. The molecule has 0 aliphatic heterocycles. The van der Waals surface area contributed by atoms with Gasteiger partial charge >= 0.3 is 0 Å². The highest BCUT2D eigenvalue weighted by Gasteiger charge is 2.36. The lowest BCUT2D eigenvalue weighted by Crippen LogP contribution is -2.20. The maximum atomic E-state index is 12.9. The topological polar surface area (TPSA) is 77.5 Å². The van der Waals surface area contributed by atoms with Gasteiger partial charge in [0.25, 0.3) is 0 Å². The van der Waals surface area contributed by atoms with Gasteiger partial charge < -0.3 is 4.74 Å². The van der Waals surface area contributed by atoms with Gasteiger partial charge in [0.15, 0.2) is 19.7 Å². The summed E-state index contributed by atoms with van der Waals surface area (Å²) in [5.74, 6) is 0. The molecule has 0 aromatic heterocycles. The van der Waals surface area contributed by atoms with Crippen molar-refractivity contribution in [1.82, 2.24) is 0 Å². The van der Waals surface area contributed by atoms with Crippen LogP contribution < -0.4 is 0 Å². The van der Waals surface area contributed by atoms with Gasteiger partial charge in [-0.25, -0.2) is 16.8 Å². The SMILES string of the molecule is CS(=O)(=O)c1cc(Cl)ccc1CO[C@H]1CC[C@H](S(=O)(=O)c2ccccc2Cl)C1. The predicted octanol–water partition coefficient (Wildman–Crippen LogP) is 4.31. The van der Waals surface area contributed by atoms with Gasteiger partial charge in [-0.3, -0.25) is 0 Å². The summed E-state index contributed by atoms with van der Waals surface area (Å²) in [5, 5.41) is -0.0289. The van der Waals surface area contributed by atoms with Crippen molar-refractivity contribution in [2.45, 2.75) is 47.0 Å². The number of benzene rings is 2. The molecule has 2 atom stereocenters. The minimum absolute atomic E-state index is 0.0725. The summed E-state index contributed by atoms with van der Waals surface area (Å²) in [4.78, 5) is 0.262. The molecule has 0 saturated heterocycles. The van der Waals surface area contributed by atoms with Gasteiger partial charge in [-0.05, 0) is 49.1 Å². The summed E-state index contributed by atoms with van der Waals surface area (Å²) < 4.78 is 55.5. The monoisotopic (exact) mass is 462 g/mol. The molecule has 1 saturated carbocycles. The van der Waals surface area contributed by atoms with E-state index in [1.54, 1.807) is 30.3 Å². The third-order valence-electron chi connectivity index (χ3n) is 4.82. The van der Waals surface area contributed by atoms with Crippen LogP contribution in [0.4, 0.5) is 0 Å². The van der Waals surface area contributed by atoms with Crippen LogP contribution in [0.1, 0.15) is 24.8 Å². The molecule has 9 heteroatoms. The van der Waals surface area contributed by atoms with E-state index in [0.717, 1.165) is 6.26 Å². The summed E-state index contributed by atoms with van der Waals surface area (Å²) in [6.45, 7) is 0.0725. The van der Waals surface area contributed by atoms with Crippen LogP contribution in [0.2, 0.25) is 10.0 Å². The highest BCUT2D eigenvalue weighted by Crippen LogP contribution is 2.35.